The second kappa shape index (κ2) is 8.24. The number of nitrogens with zero attached hydrogens (tertiary/aromatic N) is 1. The molecule has 6 nitrogen and oxygen atoms in total. The van der Waals surface area contributed by atoms with E-state index in [1.54, 1.807) is 21.3 Å². The zero-order valence-corrected chi connectivity index (χ0v) is 14.9. The van der Waals surface area contributed by atoms with Gasteiger partial charge >= 0.3 is 5.97 Å². The lowest BCUT2D eigenvalue weighted by Crippen LogP contribution is -2.40. The number of ether oxygens (including phenoxy) is 3. The average molecular weight is 337 g/mol. The number of methoxy groups -OCH3 is 3. The van der Waals surface area contributed by atoms with Crippen molar-refractivity contribution in [1.82, 2.24) is 4.90 Å². The Balaban J connectivity index is 2.38. The molecule has 1 fully saturated rings. The van der Waals surface area contributed by atoms with Crippen LogP contribution in [0.25, 0.3) is 0 Å². The van der Waals surface area contributed by atoms with E-state index in [1.165, 1.54) is 0 Å². The first-order valence-electron chi connectivity index (χ1n) is 8.33. The summed E-state index contributed by atoms with van der Waals surface area (Å²) in [6.45, 7) is 3.55. The van der Waals surface area contributed by atoms with Crippen molar-refractivity contribution in [2.24, 2.45) is 5.92 Å². The number of benzene rings is 1. The van der Waals surface area contributed by atoms with Crippen LogP contribution in [-0.2, 0) is 4.79 Å². The van der Waals surface area contributed by atoms with Gasteiger partial charge in [-0.1, -0.05) is 6.92 Å². The molecule has 6 heteroatoms. The van der Waals surface area contributed by atoms with Gasteiger partial charge < -0.3 is 19.3 Å². The number of carboxylic acids is 1. The average Bonchev–Trinajstić information content (AvgIpc) is 2.61. The molecule has 1 heterocycles. The summed E-state index contributed by atoms with van der Waals surface area (Å²) < 4.78 is 16.4. The molecular weight excluding hydrogens is 310 g/mol. The molecule has 1 aliphatic rings. The lowest BCUT2D eigenvalue weighted by Gasteiger charge is -2.37. The molecule has 1 aromatic rings. The molecular formula is C18H27NO5. The van der Waals surface area contributed by atoms with Crippen molar-refractivity contribution in [2.75, 3.05) is 34.4 Å². The Morgan fingerprint density at radius 1 is 1.25 bits per heavy atom. The smallest absolute Gasteiger partial charge is 0.307 e. The van der Waals surface area contributed by atoms with Crippen LogP contribution in [0.3, 0.4) is 0 Å². The highest BCUT2D eigenvalue weighted by Gasteiger charge is 2.32. The topological polar surface area (TPSA) is 68.2 Å². The Bertz CT molecular complexity index is 575. The predicted molar refractivity (Wildman–Crippen MR) is 91.1 cm³/mol. The third-order valence-electron chi connectivity index (χ3n) is 4.72. The molecule has 0 saturated carbocycles. The summed E-state index contributed by atoms with van der Waals surface area (Å²) in [4.78, 5) is 13.6. The maximum atomic E-state index is 11.4. The highest BCUT2D eigenvalue weighted by molar-refractivity contribution is 5.70. The van der Waals surface area contributed by atoms with Gasteiger partial charge in [-0.3, -0.25) is 9.69 Å². The van der Waals surface area contributed by atoms with Gasteiger partial charge in [-0.25, -0.2) is 0 Å². The molecule has 2 atom stereocenters. The van der Waals surface area contributed by atoms with Gasteiger partial charge in [0.2, 0.25) is 5.75 Å². The fourth-order valence-corrected chi connectivity index (χ4v) is 3.55. The standard InChI is InChI=1S/C18H27NO5/c1-5-14(19-10-6-7-12(11-19)18(20)21)13-8-9-15(22-2)17(24-4)16(13)23-3/h8-9,12,14H,5-7,10-11H2,1-4H3,(H,20,21). The number of carbonyl (C=O) groups is 1. The third-order valence-corrected chi connectivity index (χ3v) is 4.72. The monoisotopic (exact) mass is 337 g/mol. The second-order valence-electron chi connectivity index (χ2n) is 6.02. The van der Waals surface area contributed by atoms with Crippen molar-refractivity contribution in [3.63, 3.8) is 0 Å². The number of likely N-dealkylation sites (tertiary alicyclic amines) is 1. The van der Waals surface area contributed by atoms with Gasteiger partial charge in [0.05, 0.1) is 27.2 Å². The first-order valence-corrected chi connectivity index (χ1v) is 8.33. The van der Waals surface area contributed by atoms with Gasteiger partial charge in [0, 0.05) is 18.2 Å². The molecule has 0 aromatic heterocycles. The van der Waals surface area contributed by atoms with E-state index < -0.39 is 5.97 Å². The number of hydrogen-bond acceptors (Lipinski definition) is 5. The first kappa shape index (κ1) is 18.4. The predicted octanol–water partition coefficient (Wildman–Crippen LogP) is 2.96. The van der Waals surface area contributed by atoms with E-state index in [9.17, 15) is 9.90 Å². The Morgan fingerprint density at radius 3 is 2.50 bits per heavy atom. The quantitative estimate of drug-likeness (QED) is 0.825. The number of carboxylic acid groups (broad SMARTS) is 1. The van der Waals surface area contributed by atoms with Crippen LogP contribution in [0.1, 0.15) is 37.8 Å². The number of piperidine rings is 1. The molecule has 0 bridgehead atoms. The Hall–Kier alpha value is -1.95. The van der Waals surface area contributed by atoms with Gasteiger partial charge in [-0.05, 0) is 37.9 Å². The minimum atomic E-state index is -0.714. The minimum Gasteiger partial charge on any atom is -0.493 e. The summed E-state index contributed by atoms with van der Waals surface area (Å²) in [7, 11) is 4.80. The zero-order chi connectivity index (χ0) is 17.7. The van der Waals surface area contributed by atoms with E-state index in [-0.39, 0.29) is 12.0 Å². The molecule has 134 valence electrons. The molecule has 2 rings (SSSR count). The van der Waals surface area contributed by atoms with E-state index >= 15 is 0 Å². The Kier molecular flexibility index (Phi) is 6.31. The van der Waals surface area contributed by atoms with Gasteiger partial charge in [0.15, 0.2) is 11.5 Å². The number of hydrogen-bond donors (Lipinski definition) is 1. The van der Waals surface area contributed by atoms with Crippen LogP contribution in [0.5, 0.6) is 17.2 Å². The van der Waals surface area contributed by atoms with Crippen molar-refractivity contribution in [3.8, 4) is 17.2 Å². The molecule has 1 N–H and O–H groups in total. The zero-order valence-electron chi connectivity index (χ0n) is 14.9. The van der Waals surface area contributed by atoms with Crippen LogP contribution in [-0.4, -0.2) is 50.4 Å². The van der Waals surface area contributed by atoms with E-state index in [4.69, 9.17) is 14.2 Å². The van der Waals surface area contributed by atoms with Crippen molar-refractivity contribution in [3.05, 3.63) is 17.7 Å². The van der Waals surface area contributed by atoms with Crippen LogP contribution in [0.2, 0.25) is 0 Å². The van der Waals surface area contributed by atoms with Crippen LogP contribution in [0.15, 0.2) is 12.1 Å². The van der Waals surface area contributed by atoms with Crippen molar-refractivity contribution in [1.29, 1.82) is 0 Å². The fraction of sp³-hybridized carbons (Fsp3) is 0.611. The Labute approximate surface area is 143 Å². The van der Waals surface area contributed by atoms with E-state index in [2.05, 4.69) is 11.8 Å². The van der Waals surface area contributed by atoms with Crippen LogP contribution >= 0.6 is 0 Å². The van der Waals surface area contributed by atoms with E-state index in [0.29, 0.717) is 23.8 Å². The SMILES string of the molecule is CCC(c1ccc(OC)c(OC)c1OC)N1CCCC(C(=O)O)C1. The lowest BCUT2D eigenvalue weighted by molar-refractivity contribution is -0.144. The summed E-state index contributed by atoms with van der Waals surface area (Å²) in [5, 5.41) is 9.34. The fourth-order valence-electron chi connectivity index (χ4n) is 3.55. The number of aliphatic carboxylic acids is 1. The van der Waals surface area contributed by atoms with Crippen LogP contribution in [0.4, 0.5) is 0 Å². The summed E-state index contributed by atoms with van der Waals surface area (Å²) in [5.41, 5.74) is 1.00. The van der Waals surface area contributed by atoms with Crippen molar-refractivity contribution in [2.45, 2.75) is 32.2 Å². The maximum absolute atomic E-state index is 11.4. The summed E-state index contributed by atoms with van der Waals surface area (Å²) in [6.07, 6.45) is 2.49. The number of rotatable bonds is 7. The third kappa shape index (κ3) is 3.59. The molecule has 0 aliphatic carbocycles. The maximum Gasteiger partial charge on any atom is 0.307 e. The molecule has 0 amide bonds. The van der Waals surface area contributed by atoms with Gasteiger partial charge in [0.1, 0.15) is 0 Å². The molecule has 0 radical (unpaired) electrons. The Morgan fingerprint density at radius 2 is 1.96 bits per heavy atom. The summed E-state index contributed by atoms with van der Waals surface area (Å²) in [6, 6.07) is 3.94. The van der Waals surface area contributed by atoms with Gasteiger partial charge in [-0.2, -0.15) is 0 Å². The highest BCUT2D eigenvalue weighted by Crippen LogP contribution is 2.44. The molecule has 2 unspecified atom stereocenters. The molecule has 0 spiro atoms. The van der Waals surface area contributed by atoms with Crippen LogP contribution < -0.4 is 14.2 Å². The van der Waals surface area contributed by atoms with E-state index in [0.717, 1.165) is 31.4 Å². The summed E-state index contributed by atoms with van der Waals surface area (Å²) in [5.74, 6) is 0.826. The normalized spacial score (nSPS) is 19.6. The second-order valence-corrected chi connectivity index (χ2v) is 6.02. The van der Waals surface area contributed by atoms with E-state index in [1.807, 2.05) is 12.1 Å². The molecule has 1 aliphatic heterocycles. The summed E-state index contributed by atoms with van der Waals surface area (Å²) >= 11 is 0. The minimum absolute atomic E-state index is 0.0851. The molecule has 1 saturated heterocycles. The largest absolute Gasteiger partial charge is 0.493 e. The molecule has 24 heavy (non-hydrogen) atoms. The van der Waals surface area contributed by atoms with Crippen LogP contribution in [0, 0.1) is 5.92 Å². The van der Waals surface area contributed by atoms with Gasteiger partial charge in [0.25, 0.3) is 0 Å². The van der Waals surface area contributed by atoms with Crippen molar-refractivity contribution >= 4 is 5.97 Å². The molecule has 1 aromatic carbocycles. The van der Waals surface area contributed by atoms with Crippen molar-refractivity contribution < 1.29 is 24.1 Å². The first-order chi connectivity index (χ1) is 11.6. The lowest BCUT2D eigenvalue weighted by atomic mass is 9.93. The highest BCUT2D eigenvalue weighted by atomic mass is 16.5. The van der Waals surface area contributed by atoms with Gasteiger partial charge in [-0.15, -0.1) is 0 Å².